The van der Waals surface area contributed by atoms with E-state index in [4.69, 9.17) is 56.8 Å². The third kappa shape index (κ3) is 17.0. The number of likely N-dealkylation sites (N-methyl/N-ethyl adjacent to an activating group) is 2. The van der Waals surface area contributed by atoms with Crippen molar-refractivity contribution in [2.45, 2.75) is 291 Å². The highest BCUT2D eigenvalue weighted by Crippen LogP contribution is 2.56. The van der Waals surface area contributed by atoms with Crippen molar-refractivity contribution in [1.29, 1.82) is 0 Å². The quantitative estimate of drug-likeness (QED) is 0.0567. The Hall–Kier alpha value is -8.82. The summed E-state index contributed by atoms with van der Waals surface area (Å²) < 4.78 is 73.0. The minimum atomic E-state index is -1.56. The molecular weight excluding hydrogens is 1730 g/mol. The maximum atomic E-state index is 13.9. The molecule has 6 aromatic carbocycles. The maximum Gasteiger partial charge on any atom is 0.201 e. The van der Waals surface area contributed by atoms with E-state index in [-0.39, 0.29) is 157 Å². The Labute approximate surface area is 761 Å². The van der Waals surface area contributed by atoms with Gasteiger partial charge < -0.3 is 148 Å². The molecule has 4 aliphatic heterocycles. The summed E-state index contributed by atoms with van der Waals surface area (Å²) in [5, 5.41) is 173. The van der Waals surface area contributed by atoms with Crippen molar-refractivity contribution in [2.75, 3.05) is 56.6 Å². The standard InChI is InChI=1S/C39H54N2O12.C29H34O11.C28H32O11/c1-18-34(40(6)7)38(4,47)16-26(50-18)53-35-19(2)51-25(15-37(35,3)41(8)9)52-33-27-21(14-39(5,48)36(33)49-10)13-23-29(31(27)45)32(46)28-22(30(23)44)11-20(17-42)12-24(28)43;1-12-26(35)29(3,38-5)10-18(39-12)40-25-19-14(9-28(2,36)27(25)37-4)8-16-21(23(19)33)24(34)20-15(22(16)32)6-13(11-30)7-17(20)31;1-11-25(34)27(2,35)9-17(38-11)39-24-18-13(8-28(3,36)26(24)37-4)7-15-20(22(18)32)23(33)19-14(21(15)31)5-12(10-29)6-16(19)30/h11-13,18-19,25-26,33-36,42-43,45,47-48H,14-17H2,1-10H3;6-8,12,18,25-27,30-31,33,35-36H,9-11H2,1-5H3;5-7,11,17,24-26,29-30,32,34-36H,8-10H2,1-4H3/t18?,19?,25?,26?,33-,34?,35?,36+,37?,38?,39-;12?,18?,25-,26?,27+,28-,29?;11?,17?,24-,25?,26+,27?,28-/m111/s1. The SMILES string of the molecule is CO[C@H]1[C@H](OC2CC(C)(N(C)C)C(OC3CC(C)(O)C(N(C)C)C(C)O3)C(C)O2)c2c(cc3c(c2O)C(=O)c2c(O)cc(CO)cc2C3=O)C[C@@]1(C)O.CO[C@H]1[C@H](OC2CC(C)(O)C(O)C(C)O2)c2c(cc3c(c2O)C(=O)c2c(O)cc(CO)cc2C3=O)C[C@@]1(C)O.CO[C@H]1[C@H](OC2CC(C)(OC)C(O)C(C)O2)c2c(cc3c(c2O)C(=O)c2c(O)cc(CO)cc2C3=O)C[C@@]1(C)O. The third-order valence-corrected chi connectivity index (χ3v) is 28.4. The molecule has 0 radical (unpaired) electrons. The van der Waals surface area contributed by atoms with Crippen molar-refractivity contribution >= 4 is 34.7 Å². The fourth-order valence-corrected chi connectivity index (χ4v) is 21.8. The maximum absolute atomic E-state index is 13.9. The van der Waals surface area contributed by atoms with Crippen LogP contribution in [0.4, 0.5) is 0 Å². The van der Waals surface area contributed by atoms with Gasteiger partial charge in [-0.2, -0.15) is 0 Å². The predicted molar refractivity (Wildman–Crippen MR) is 463 cm³/mol. The number of carbonyl (C=O) groups is 6. The molecule has 4 heterocycles. The van der Waals surface area contributed by atoms with E-state index in [1.165, 1.54) is 104 Å². The number of nitrogens with zero attached hydrogens (tertiary/aromatic N) is 2. The molecule has 132 heavy (non-hydrogen) atoms. The normalized spacial score (nSPS) is 35.0. The van der Waals surface area contributed by atoms with Gasteiger partial charge in [0.05, 0.1) is 123 Å². The molecule has 0 aromatic heterocycles. The van der Waals surface area contributed by atoms with Gasteiger partial charge in [0, 0.05) is 123 Å². The summed E-state index contributed by atoms with van der Waals surface area (Å²) in [7, 11) is 13.3. The van der Waals surface area contributed by atoms with Crippen LogP contribution in [0.3, 0.4) is 0 Å². The molecule has 6 aromatic rings. The first-order valence-corrected chi connectivity index (χ1v) is 43.7. The van der Waals surface area contributed by atoms with E-state index in [2.05, 4.69) is 0 Å². The summed E-state index contributed by atoms with van der Waals surface area (Å²) in [4.78, 5) is 85.9. The molecule has 0 bridgehead atoms. The summed E-state index contributed by atoms with van der Waals surface area (Å²) >= 11 is 0. The monoisotopic (exact) mass is 1840 g/mol. The second kappa shape index (κ2) is 36.0. The number of aromatic hydroxyl groups is 6. The summed E-state index contributed by atoms with van der Waals surface area (Å²) in [6.07, 6.45) is -15.0. The van der Waals surface area contributed by atoms with Crippen LogP contribution < -0.4 is 0 Å². The van der Waals surface area contributed by atoms with E-state index in [1.807, 2.05) is 58.8 Å². The predicted octanol–water partition coefficient (Wildman–Crippen LogP) is 5.04. The number of aliphatic hydroxyl groups is 10. The molecule has 36 heteroatoms. The zero-order valence-electron chi connectivity index (χ0n) is 77.1. The van der Waals surface area contributed by atoms with Crippen LogP contribution in [0, 0.1) is 0 Å². The first-order valence-electron chi connectivity index (χ1n) is 43.7. The molecule has 16 rings (SSSR count). The minimum absolute atomic E-state index is 0.0335. The number of rotatable bonds is 17. The van der Waals surface area contributed by atoms with Gasteiger partial charge in [-0.15, -0.1) is 0 Å². The highest BCUT2D eigenvalue weighted by Gasteiger charge is 2.59. The summed E-state index contributed by atoms with van der Waals surface area (Å²) in [6.45, 7) is 17.2. The minimum Gasteiger partial charge on any atom is -0.507 e. The Balaban J connectivity index is 0.000000162. The molecule has 0 spiro atoms. The number of ether oxygens (including phenoxy) is 12. The first-order chi connectivity index (χ1) is 61.6. The fourth-order valence-electron chi connectivity index (χ4n) is 21.8. The zero-order valence-corrected chi connectivity index (χ0v) is 77.1. The van der Waals surface area contributed by atoms with E-state index in [0.717, 1.165) is 0 Å². The van der Waals surface area contributed by atoms with Crippen LogP contribution in [-0.2, 0) is 95.9 Å². The van der Waals surface area contributed by atoms with Crippen LogP contribution >= 0.6 is 0 Å². The van der Waals surface area contributed by atoms with Gasteiger partial charge in [0.25, 0.3) is 0 Å². The average Bonchev–Trinajstić information content (AvgIpc) is 0.719. The Kier molecular flexibility index (Phi) is 27.1. The van der Waals surface area contributed by atoms with Gasteiger partial charge in [0.1, 0.15) is 89.4 Å². The Morgan fingerprint density at radius 3 is 0.977 bits per heavy atom. The van der Waals surface area contributed by atoms with Crippen molar-refractivity contribution in [3.8, 4) is 34.5 Å². The molecule has 16 N–H and O–H groups in total. The van der Waals surface area contributed by atoms with E-state index in [1.54, 1.807) is 34.6 Å². The zero-order chi connectivity index (χ0) is 97.0. The molecule has 718 valence electrons. The van der Waals surface area contributed by atoms with Crippen LogP contribution in [-0.4, -0.2) is 314 Å². The lowest BCUT2D eigenvalue weighted by Gasteiger charge is -2.54. The van der Waals surface area contributed by atoms with Crippen molar-refractivity contribution in [3.63, 3.8) is 0 Å². The molecule has 4 saturated heterocycles. The Morgan fingerprint density at radius 1 is 0.364 bits per heavy atom. The van der Waals surface area contributed by atoms with Crippen molar-refractivity contribution in [2.24, 2.45) is 0 Å². The Bertz CT molecular complexity index is 5580. The van der Waals surface area contributed by atoms with Gasteiger partial charge in [-0.1, -0.05) is 0 Å². The van der Waals surface area contributed by atoms with E-state index >= 15 is 0 Å². The second-order valence-corrected chi connectivity index (χ2v) is 38.7. The highest BCUT2D eigenvalue weighted by atomic mass is 16.7. The number of aliphatic hydroxyl groups excluding tert-OH is 5. The smallest absolute Gasteiger partial charge is 0.201 e. The number of fused-ring (bicyclic) bond motifs is 9. The molecular formula is C96H120N2O34. The van der Waals surface area contributed by atoms with Gasteiger partial charge in [-0.3, -0.25) is 28.8 Å². The number of phenols is 6. The molecule has 0 saturated carbocycles. The molecule has 36 nitrogen and oxygen atoms in total. The first kappa shape index (κ1) is 99.2. The van der Waals surface area contributed by atoms with Gasteiger partial charge in [-0.05, 0) is 192 Å². The molecule has 10 aliphatic rings. The van der Waals surface area contributed by atoms with Crippen molar-refractivity contribution < 1.29 is 167 Å². The van der Waals surface area contributed by atoms with Crippen LogP contribution in [0.1, 0.15) is 266 Å². The lowest BCUT2D eigenvalue weighted by Crippen LogP contribution is -2.66. The lowest BCUT2D eigenvalue weighted by molar-refractivity contribution is -0.331. The second-order valence-electron chi connectivity index (χ2n) is 38.7. The number of hydrogen-bond donors (Lipinski definition) is 16. The van der Waals surface area contributed by atoms with E-state index in [9.17, 15) is 110 Å². The number of ketones is 6. The number of carbonyl (C=O) groups excluding carboxylic acids is 6. The topological polar surface area (TPSA) is 543 Å². The molecule has 16 unspecified atom stereocenters. The van der Waals surface area contributed by atoms with Gasteiger partial charge in [-0.25, -0.2) is 0 Å². The number of phenolic OH excluding ortho intramolecular Hbond substituents is 6. The number of hydrogen-bond acceptors (Lipinski definition) is 36. The largest absolute Gasteiger partial charge is 0.507 e. The lowest BCUT2D eigenvalue weighted by atomic mass is 9.72. The van der Waals surface area contributed by atoms with Crippen LogP contribution in [0.5, 0.6) is 34.5 Å². The summed E-state index contributed by atoms with van der Waals surface area (Å²) in [6, 6.07) is 11.7. The van der Waals surface area contributed by atoms with Crippen molar-refractivity contribution in [3.05, 3.63) is 171 Å². The number of benzene rings is 6. The summed E-state index contributed by atoms with van der Waals surface area (Å²) in [5.41, 5.74) is -9.08. The van der Waals surface area contributed by atoms with Gasteiger partial charge in [0.15, 0.2) is 42.5 Å². The van der Waals surface area contributed by atoms with Crippen molar-refractivity contribution in [1.82, 2.24) is 9.80 Å². The van der Waals surface area contributed by atoms with Gasteiger partial charge in [0.2, 0.25) is 17.3 Å². The fraction of sp³-hybridized carbons (Fsp3) is 0.562. The molecule has 25 atom stereocenters. The molecule has 6 aliphatic carbocycles. The third-order valence-electron chi connectivity index (χ3n) is 28.4. The van der Waals surface area contributed by atoms with E-state index in [0.29, 0.717) is 16.7 Å². The molecule has 0 amide bonds. The summed E-state index contributed by atoms with van der Waals surface area (Å²) in [5.74, 6) is -7.27. The number of methoxy groups -OCH3 is 4. The average molecular weight is 1850 g/mol. The Morgan fingerprint density at radius 2 is 0.667 bits per heavy atom. The van der Waals surface area contributed by atoms with Crippen LogP contribution in [0.2, 0.25) is 0 Å². The van der Waals surface area contributed by atoms with Gasteiger partial charge >= 0.3 is 0 Å². The van der Waals surface area contributed by atoms with E-state index < -0.39 is 227 Å². The van der Waals surface area contributed by atoms with Crippen LogP contribution in [0.15, 0.2) is 54.6 Å². The highest BCUT2D eigenvalue weighted by molar-refractivity contribution is 6.32. The molecule has 4 fully saturated rings. The van der Waals surface area contributed by atoms with Crippen LogP contribution in [0.25, 0.3) is 0 Å².